The molecule has 4 heteroatoms. The number of methoxy groups -OCH3 is 1. The minimum atomic E-state index is -0.322. The summed E-state index contributed by atoms with van der Waals surface area (Å²) >= 11 is 0. The second kappa shape index (κ2) is 9.89. The molecule has 3 aromatic rings. The van der Waals surface area contributed by atoms with Gasteiger partial charge in [0.2, 0.25) is 0 Å². The van der Waals surface area contributed by atoms with E-state index in [-0.39, 0.29) is 5.97 Å². The van der Waals surface area contributed by atoms with Crippen molar-refractivity contribution in [1.82, 2.24) is 4.90 Å². The van der Waals surface area contributed by atoms with Gasteiger partial charge in [0.15, 0.2) is 0 Å². The molecular formula is C25H27NO3. The first-order valence-corrected chi connectivity index (χ1v) is 9.70. The van der Waals surface area contributed by atoms with Crippen molar-refractivity contribution in [2.45, 2.75) is 6.42 Å². The second-order valence-corrected chi connectivity index (χ2v) is 7.23. The van der Waals surface area contributed by atoms with Gasteiger partial charge in [0.1, 0.15) is 5.75 Å². The molecule has 0 aliphatic carbocycles. The van der Waals surface area contributed by atoms with Crippen molar-refractivity contribution in [3.05, 3.63) is 83.4 Å². The van der Waals surface area contributed by atoms with Gasteiger partial charge in [-0.3, -0.25) is 0 Å². The summed E-state index contributed by atoms with van der Waals surface area (Å²) in [7, 11) is 5.50. The summed E-state index contributed by atoms with van der Waals surface area (Å²) in [5, 5.41) is 2.31. The number of benzene rings is 3. The van der Waals surface area contributed by atoms with Crippen LogP contribution in [0.5, 0.6) is 5.75 Å². The first-order chi connectivity index (χ1) is 14.1. The molecule has 0 fully saturated rings. The summed E-state index contributed by atoms with van der Waals surface area (Å²) in [6.07, 6.45) is 2.98. The number of rotatable bonds is 8. The molecule has 0 unspecified atom stereocenters. The van der Waals surface area contributed by atoms with Crippen molar-refractivity contribution in [2.24, 2.45) is 0 Å². The van der Waals surface area contributed by atoms with Crippen molar-refractivity contribution in [3.8, 4) is 5.75 Å². The smallest absolute Gasteiger partial charge is 0.337 e. The van der Waals surface area contributed by atoms with Crippen molar-refractivity contribution < 1.29 is 14.3 Å². The Balaban J connectivity index is 1.70. The maximum atomic E-state index is 11.6. The van der Waals surface area contributed by atoms with E-state index in [9.17, 15) is 4.79 Å². The van der Waals surface area contributed by atoms with Gasteiger partial charge in [-0.25, -0.2) is 4.79 Å². The third kappa shape index (κ3) is 5.69. The Morgan fingerprint density at radius 1 is 0.966 bits per heavy atom. The molecule has 0 radical (unpaired) electrons. The normalized spacial score (nSPS) is 11.7. The minimum Gasteiger partial charge on any atom is -0.493 e. The summed E-state index contributed by atoms with van der Waals surface area (Å²) in [5.41, 5.74) is 2.87. The van der Waals surface area contributed by atoms with Gasteiger partial charge in [-0.15, -0.1) is 0 Å². The highest BCUT2D eigenvalue weighted by atomic mass is 16.5. The van der Waals surface area contributed by atoms with Crippen LogP contribution in [0.25, 0.3) is 16.8 Å². The van der Waals surface area contributed by atoms with E-state index in [2.05, 4.69) is 43.3 Å². The third-order valence-corrected chi connectivity index (χ3v) is 4.65. The maximum absolute atomic E-state index is 11.6. The standard InChI is InChI=1S/C25H27NO3/c1-26(2)18-20(17-19-11-13-22(14-12-19)25(27)28-3)15-16-29-24-10-6-8-21-7-4-5-9-23(21)24/h4-14,17H,15-16,18H2,1-3H3. The van der Waals surface area contributed by atoms with E-state index in [4.69, 9.17) is 9.47 Å². The highest BCUT2D eigenvalue weighted by molar-refractivity contribution is 5.89. The fourth-order valence-corrected chi connectivity index (χ4v) is 3.29. The molecule has 0 saturated carbocycles. The molecule has 29 heavy (non-hydrogen) atoms. The zero-order valence-electron chi connectivity index (χ0n) is 17.2. The molecule has 0 aromatic heterocycles. The zero-order valence-corrected chi connectivity index (χ0v) is 17.2. The van der Waals surface area contributed by atoms with E-state index in [1.807, 2.05) is 36.4 Å². The number of likely N-dealkylation sites (N-methyl/N-ethyl adjacent to an activating group) is 1. The van der Waals surface area contributed by atoms with Gasteiger partial charge in [0.25, 0.3) is 0 Å². The van der Waals surface area contributed by atoms with Crippen LogP contribution in [0.15, 0.2) is 72.3 Å². The number of fused-ring (bicyclic) bond motifs is 1. The predicted octanol–water partition coefficient (Wildman–Crippen LogP) is 5.04. The largest absolute Gasteiger partial charge is 0.493 e. The molecule has 0 aliphatic heterocycles. The van der Waals surface area contributed by atoms with Crippen LogP contribution in [0, 0.1) is 0 Å². The van der Waals surface area contributed by atoms with Crippen LogP contribution < -0.4 is 4.74 Å². The molecule has 4 nitrogen and oxygen atoms in total. The van der Waals surface area contributed by atoms with Crippen LogP contribution >= 0.6 is 0 Å². The van der Waals surface area contributed by atoms with Gasteiger partial charge in [0, 0.05) is 18.4 Å². The molecule has 0 amide bonds. The van der Waals surface area contributed by atoms with Crippen LogP contribution in [-0.4, -0.2) is 45.2 Å². The summed E-state index contributed by atoms with van der Waals surface area (Å²) in [5.74, 6) is 0.590. The number of hydrogen-bond donors (Lipinski definition) is 0. The van der Waals surface area contributed by atoms with Crippen LogP contribution in [0.3, 0.4) is 0 Å². The molecule has 0 N–H and O–H groups in total. The predicted molar refractivity (Wildman–Crippen MR) is 118 cm³/mol. The van der Waals surface area contributed by atoms with Gasteiger partial charge in [-0.05, 0) is 43.2 Å². The lowest BCUT2D eigenvalue weighted by atomic mass is 10.1. The summed E-state index contributed by atoms with van der Waals surface area (Å²) < 4.78 is 10.9. The lowest BCUT2D eigenvalue weighted by molar-refractivity contribution is 0.0600. The van der Waals surface area contributed by atoms with Gasteiger partial charge >= 0.3 is 5.97 Å². The molecule has 3 aromatic carbocycles. The molecule has 0 saturated heterocycles. The number of hydrogen-bond acceptors (Lipinski definition) is 4. The number of carbonyl (C=O) groups excluding carboxylic acids is 1. The van der Waals surface area contributed by atoms with Crippen LogP contribution in [0.2, 0.25) is 0 Å². The average molecular weight is 389 g/mol. The van der Waals surface area contributed by atoms with Gasteiger partial charge in [-0.2, -0.15) is 0 Å². The Bertz CT molecular complexity index is 985. The maximum Gasteiger partial charge on any atom is 0.337 e. The van der Waals surface area contributed by atoms with Crippen molar-refractivity contribution in [2.75, 3.05) is 34.4 Å². The van der Waals surface area contributed by atoms with E-state index < -0.39 is 0 Å². The Kier molecular flexibility index (Phi) is 7.04. The summed E-state index contributed by atoms with van der Waals surface area (Å²) in [6.45, 7) is 1.45. The Hall–Kier alpha value is -3.11. The fourth-order valence-electron chi connectivity index (χ4n) is 3.29. The van der Waals surface area contributed by atoms with Gasteiger partial charge in [-0.1, -0.05) is 60.2 Å². The van der Waals surface area contributed by atoms with Gasteiger partial charge < -0.3 is 14.4 Å². The first kappa shape index (κ1) is 20.6. The molecule has 0 heterocycles. The quantitative estimate of drug-likeness (QED) is 0.506. The molecule has 0 aliphatic rings. The van der Waals surface area contributed by atoms with Gasteiger partial charge in [0.05, 0.1) is 19.3 Å². The van der Waals surface area contributed by atoms with Crippen molar-refractivity contribution >= 4 is 22.8 Å². The fraction of sp³-hybridized carbons (Fsp3) is 0.240. The highest BCUT2D eigenvalue weighted by Gasteiger charge is 2.06. The Labute approximate surface area is 172 Å². The van der Waals surface area contributed by atoms with Crippen LogP contribution in [-0.2, 0) is 4.74 Å². The number of carbonyl (C=O) groups is 1. The molecule has 0 spiro atoms. The van der Waals surface area contributed by atoms with E-state index in [1.165, 1.54) is 18.1 Å². The molecule has 150 valence electrons. The number of ether oxygens (including phenoxy) is 2. The Morgan fingerprint density at radius 2 is 1.69 bits per heavy atom. The first-order valence-electron chi connectivity index (χ1n) is 9.70. The monoisotopic (exact) mass is 389 g/mol. The summed E-state index contributed by atoms with van der Waals surface area (Å²) in [4.78, 5) is 13.7. The van der Waals surface area contributed by atoms with E-state index >= 15 is 0 Å². The SMILES string of the molecule is COC(=O)c1ccc(C=C(CCOc2cccc3ccccc23)CN(C)C)cc1. The van der Waals surface area contributed by atoms with Crippen molar-refractivity contribution in [1.29, 1.82) is 0 Å². The molecule has 0 bridgehead atoms. The van der Waals surface area contributed by atoms with E-state index in [0.717, 1.165) is 29.7 Å². The number of esters is 1. The number of nitrogens with zero attached hydrogens (tertiary/aromatic N) is 1. The van der Waals surface area contributed by atoms with Crippen molar-refractivity contribution in [3.63, 3.8) is 0 Å². The summed E-state index contributed by atoms with van der Waals surface area (Å²) in [6, 6.07) is 21.8. The van der Waals surface area contributed by atoms with Crippen LogP contribution in [0.4, 0.5) is 0 Å². The topological polar surface area (TPSA) is 38.8 Å². The molecule has 0 atom stereocenters. The van der Waals surface area contributed by atoms with E-state index in [0.29, 0.717) is 12.2 Å². The van der Waals surface area contributed by atoms with E-state index in [1.54, 1.807) is 12.1 Å². The lowest BCUT2D eigenvalue weighted by Gasteiger charge is -2.15. The van der Waals surface area contributed by atoms with Crippen LogP contribution in [0.1, 0.15) is 22.3 Å². The molecule has 3 rings (SSSR count). The highest BCUT2D eigenvalue weighted by Crippen LogP contribution is 2.25. The minimum absolute atomic E-state index is 0.322. The lowest BCUT2D eigenvalue weighted by Crippen LogP contribution is -2.16. The Morgan fingerprint density at radius 3 is 2.41 bits per heavy atom. The third-order valence-electron chi connectivity index (χ3n) is 4.65. The molecular weight excluding hydrogens is 362 g/mol. The second-order valence-electron chi connectivity index (χ2n) is 7.23. The zero-order chi connectivity index (χ0) is 20.6. The average Bonchev–Trinajstić information content (AvgIpc) is 2.73.